The van der Waals surface area contributed by atoms with Gasteiger partial charge in [0.05, 0.1) is 25.1 Å². The van der Waals surface area contributed by atoms with Crippen LogP contribution in [0, 0.1) is 0 Å². The van der Waals surface area contributed by atoms with Crippen LogP contribution in [0.1, 0.15) is 16.1 Å². The van der Waals surface area contributed by atoms with E-state index in [1.54, 1.807) is 12.3 Å². The van der Waals surface area contributed by atoms with Crippen LogP contribution in [0.25, 0.3) is 0 Å². The topological polar surface area (TPSA) is 66.5 Å². The van der Waals surface area contributed by atoms with Crippen LogP contribution in [0.15, 0.2) is 48.7 Å². The number of ether oxygens (including phenoxy) is 1. The Hall–Kier alpha value is -2.44. The molecule has 3 rings (SSSR count). The second-order valence-corrected chi connectivity index (χ2v) is 6.30. The molecule has 2 heterocycles. The first-order valence-corrected chi connectivity index (χ1v) is 9.13. The third-order valence-corrected chi connectivity index (χ3v) is 4.40. The lowest BCUT2D eigenvalue weighted by Gasteiger charge is -2.26. The van der Waals surface area contributed by atoms with Gasteiger partial charge in [-0.05, 0) is 24.1 Å². The first-order chi connectivity index (χ1) is 12.8. The van der Waals surface area contributed by atoms with E-state index in [9.17, 15) is 4.79 Å². The Balaban J connectivity index is 1.38. The molecular formula is C20H26N4O2. The number of rotatable bonds is 8. The van der Waals surface area contributed by atoms with Crippen molar-refractivity contribution in [1.29, 1.82) is 0 Å². The zero-order chi connectivity index (χ0) is 18.0. The molecule has 26 heavy (non-hydrogen) atoms. The van der Waals surface area contributed by atoms with Crippen molar-refractivity contribution >= 4 is 11.6 Å². The number of anilines is 1. The van der Waals surface area contributed by atoms with Crippen LogP contribution in [-0.4, -0.2) is 61.7 Å². The number of carbonyl (C=O) groups is 1. The molecule has 0 unspecified atom stereocenters. The molecule has 1 amide bonds. The van der Waals surface area contributed by atoms with Crippen molar-refractivity contribution in [2.45, 2.75) is 6.42 Å². The smallest absolute Gasteiger partial charge is 0.269 e. The van der Waals surface area contributed by atoms with Crippen molar-refractivity contribution in [3.63, 3.8) is 0 Å². The summed E-state index contributed by atoms with van der Waals surface area (Å²) in [6.45, 7) is 5.69. The second kappa shape index (κ2) is 9.89. The Kier molecular flexibility index (Phi) is 6.98. The highest BCUT2D eigenvalue weighted by molar-refractivity contribution is 5.92. The van der Waals surface area contributed by atoms with E-state index in [0.717, 1.165) is 51.5 Å². The lowest BCUT2D eigenvalue weighted by molar-refractivity contribution is 0.0383. The summed E-state index contributed by atoms with van der Waals surface area (Å²) in [5, 5.41) is 6.26. The van der Waals surface area contributed by atoms with Gasteiger partial charge in [-0.25, -0.2) is 4.98 Å². The number of hydrogen-bond donors (Lipinski definition) is 2. The highest BCUT2D eigenvalue weighted by atomic mass is 16.5. The molecule has 0 saturated carbocycles. The summed E-state index contributed by atoms with van der Waals surface area (Å²) in [7, 11) is 0. The van der Waals surface area contributed by atoms with E-state index in [0.29, 0.717) is 12.2 Å². The van der Waals surface area contributed by atoms with Gasteiger partial charge in [-0.3, -0.25) is 9.69 Å². The molecule has 2 aromatic rings. The highest BCUT2D eigenvalue weighted by Crippen LogP contribution is 2.07. The van der Waals surface area contributed by atoms with Gasteiger partial charge in [0.15, 0.2) is 0 Å². The summed E-state index contributed by atoms with van der Waals surface area (Å²) in [4.78, 5) is 18.7. The van der Waals surface area contributed by atoms with E-state index in [4.69, 9.17) is 4.74 Å². The SMILES string of the molecule is O=C(NCCN1CCOCC1)c1ccc(NCCc2ccccc2)cn1. The van der Waals surface area contributed by atoms with Crippen LogP contribution in [0.5, 0.6) is 0 Å². The van der Waals surface area contributed by atoms with Crippen molar-refractivity contribution in [2.75, 3.05) is 51.3 Å². The summed E-state index contributed by atoms with van der Waals surface area (Å²) in [5.41, 5.74) is 2.66. The lowest BCUT2D eigenvalue weighted by atomic mass is 10.1. The number of carbonyl (C=O) groups excluding carboxylic acids is 1. The first-order valence-electron chi connectivity index (χ1n) is 9.13. The fraction of sp³-hybridized carbons (Fsp3) is 0.400. The third kappa shape index (κ3) is 5.82. The van der Waals surface area contributed by atoms with Crippen LogP contribution < -0.4 is 10.6 Å². The van der Waals surface area contributed by atoms with Crippen LogP contribution in [0.3, 0.4) is 0 Å². The van der Waals surface area contributed by atoms with Crippen LogP contribution >= 0.6 is 0 Å². The summed E-state index contributed by atoms with van der Waals surface area (Å²) in [5.74, 6) is -0.130. The Morgan fingerprint density at radius 2 is 1.88 bits per heavy atom. The molecule has 6 nitrogen and oxygen atoms in total. The predicted octanol–water partition coefficient (Wildman–Crippen LogP) is 1.80. The zero-order valence-electron chi connectivity index (χ0n) is 15.0. The number of nitrogens with zero attached hydrogens (tertiary/aromatic N) is 2. The molecule has 6 heteroatoms. The minimum atomic E-state index is -0.130. The number of morpholine rings is 1. The molecule has 1 aliphatic rings. The Morgan fingerprint density at radius 3 is 2.62 bits per heavy atom. The van der Waals surface area contributed by atoms with Crippen molar-refractivity contribution in [2.24, 2.45) is 0 Å². The normalized spacial score (nSPS) is 14.8. The molecule has 1 aromatic carbocycles. The lowest BCUT2D eigenvalue weighted by Crippen LogP contribution is -2.41. The molecule has 2 N–H and O–H groups in total. The van der Waals surface area contributed by atoms with E-state index in [2.05, 4.69) is 32.7 Å². The standard InChI is InChI=1S/C20H26N4O2/c25-20(22-10-11-24-12-14-26-15-13-24)19-7-6-18(16-23-19)21-9-8-17-4-2-1-3-5-17/h1-7,16,21H,8-15H2,(H,22,25). The maximum atomic E-state index is 12.2. The zero-order valence-corrected chi connectivity index (χ0v) is 15.0. The van der Waals surface area contributed by atoms with Crippen LogP contribution in [-0.2, 0) is 11.2 Å². The van der Waals surface area contributed by atoms with Crippen LogP contribution in [0.4, 0.5) is 5.69 Å². The molecular weight excluding hydrogens is 328 g/mol. The fourth-order valence-electron chi connectivity index (χ4n) is 2.87. The number of benzene rings is 1. The molecule has 0 bridgehead atoms. The number of pyridine rings is 1. The second-order valence-electron chi connectivity index (χ2n) is 6.30. The summed E-state index contributed by atoms with van der Waals surface area (Å²) in [6.07, 6.45) is 2.66. The Labute approximate surface area is 154 Å². The minimum Gasteiger partial charge on any atom is -0.383 e. The van der Waals surface area contributed by atoms with E-state index in [-0.39, 0.29) is 5.91 Å². The van der Waals surface area contributed by atoms with Gasteiger partial charge in [-0.15, -0.1) is 0 Å². The summed E-state index contributed by atoms with van der Waals surface area (Å²) < 4.78 is 5.32. The molecule has 138 valence electrons. The van der Waals surface area contributed by atoms with Crippen LogP contribution in [0.2, 0.25) is 0 Å². The third-order valence-electron chi connectivity index (χ3n) is 4.40. The molecule has 0 radical (unpaired) electrons. The number of amides is 1. The van der Waals surface area contributed by atoms with Crippen molar-refractivity contribution in [1.82, 2.24) is 15.2 Å². The molecule has 1 aliphatic heterocycles. The molecule has 1 fully saturated rings. The van der Waals surface area contributed by atoms with E-state index < -0.39 is 0 Å². The first kappa shape index (κ1) is 18.4. The van der Waals surface area contributed by atoms with Gasteiger partial charge in [0, 0.05) is 32.7 Å². The van der Waals surface area contributed by atoms with Gasteiger partial charge in [-0.2, -0.15) is 0 Å². The average Bonchev–Trinajstić information content (AvgIpc) is 2.70. The van der Waals surface area contributed by atoms with Crippen molar-refractivity contribution < 1.29 is 9.53 Å². The quantitative estimate of drug-likeness (QED) is 0.757. The van der Waals surface area contributed by atoms with Crippen molar-refractivity contribution in [3.8, 4) is 0 Å². The van der Waals surface area contributed by atoms with E-state index >= 15 is 0 Å². The number of hydrogen-bond acceptors (Lipinski definition) is 5. The predicted molar refractivity (Wildman–Crippen MR) is 102 cm³/mol. The number of aromatic nitrogens is 1. The van der Waals surface area contributed by atoms with Gasteiger partial charge in [0.2, 0.25) is 0 Å². The maximum absolute atomic E-state index is 12.2. The van der Waals surface area contributed by atoms with E-state index in [1.165, 1.54) is 5.56 Å². The molecule has 1 aromatic heterocycles. The van der Waals surface area contributed by atoms with Gasteiger partial charge in [-0.1, -0.05) is 30.3 Å². The fourth-order valence-corrected chi connectivity index (χ4v) is 2.87. The Morgan fingerprint density at radius 1 is 1.08 bits per heavy atom. The van der Waals surface area contributed by atoms with Gasteiger partial charge in [0.1, 0.15) is 5.69 Å². The summed E-state index contributed by atoms with van der Waals surface area (Å²) >= 11 is 0. The van der Waals surface area contributed by atoms with Crippen molar-refractivity contribution in [3.05, 3.63) is 59.9 Å². The average molecular weight is 354 g/mol. The molecule has 0 spiro atoms. The minimum absolute atomic E-state index is 0.130. The molecule has 1 saturated heterocycles. The van der Waals surface area contributed by atoms with E-state index in [1.807, 2.05) is 24.3 Å². The number of nitrogens with one attached hydrogen (secondary N) is 2. The van der Waals surface area contributed by atoms with Gasteiger partial charge >= 0.3 is 0 Å². The largest absolute Gasteiger partial charge is 0.383 e. The Bertz CT molecular complexity index is 670. The molecule has 0 aliphatic carbocycles. The van der Waals surface area contributed by atoms with Gasteiger partial charge in [0.25, 0.3) is 5.91 Å². The monoisotopic (exact) mass is 354 g/mol. The summed E-state index contributed by atoms with van der Waals surface area (Å²) in [6, 6.07) is 14.0. The van der Waals surface area contributed by atoms with Gasteiger partial charge < -0.3 is 15.4 Å². The molecule has 0 atom stereocenters. The highest BCUT2D eigenvalue weighted by Gasteiger charge is 2.11. The maximum Gasteiger partial charge on any atom is 0.269 e.